The second-order valence-electron chi connectivity index (χ2n) is 13.0. The van der Waals surface area contributed by atoms with Gasteiger partial charge in [-0.25, -0.2) is 33.5 Å². The Bertz CT molecular complexity index is 1800. The quantitative estimate of drug-likeness (QED) is 0.269. The minimum Gasteiger partial charge on any atom is -0.444 e. The first-order chi connectivity index (χ1) is 21.0. The number of carbonyl (C=O) groups excluding carboxylic acids is 2. The number of hydrogen-bond acceptors (Lipinski definition) is 8. The van der Waals surface area contributed by atoms with Crippen LogP contribution in [0.4, 0.5) is 25.3 Å². The number of amides is 2. The fraction of sp³-hybridized carbons (Fsp3) is 0.438. The van der Waals surface area contributed by atoms with Gasteiger partial charge in [0.25, 0.3) is 0 Å². The molecule has 0 saturated heterocycles. The SMILES string of the molecule is Cc1nc2c(F)cc(-c3nc(Nc4ccc5c(n4)CCN(C(=O)C(C)(C)NC(=O)OC(C)(C)C)C5)ncc3F)cc2n1C(C)C. The lowest BCUT2D eigenvalue weighted by Crippen LogP contribution is -2.57. The van der Waals surface area contributed by atoms with Crippen molar-refractivity contribution in [3.05, 3.63) is 59.2 Å². The van der Waals surface area contributed by atoms with Gasteiger partial charge in [0, 0.05) is 36.8 Å². The highest BCUT2D eigenvalue weighted by molar-refractivity contribution is 5.89. The third kappa shape index (κ3) is 6.71. The first kappa shape index (κ1) is 31.7. The summed E-state index contributed by atoms with van der Waals surface area (Å²) in [6, 6.07) is 6.50. The van der Waals surface area contributed by atoms with Crippen LogP contribution in [0, 0.1) is 18.6 Å². The summed E-state index contributed by atoms with van der Waals surface area (Å²) in [7, 11) is 0. The molecule has 0 radical (unpaired) electrons. The monoisotopic (exact) mass is 620 g/mol. The Balaban J connectivity index is 1.33. The number of hydrogen-bond donors (Lipinski definition) is 2. The van der Waals surface area contributed by atoms with E-state index >= 15 is 4.39 Å². The smallest absolute Gasteiger partial charge is 0.408 e. The van der Waals surface area contributed by atoms with E-state index in [2.05, 4.69) is 30.6 Å². The predicted molar refractivity (Wildman–Crippen MR) is 166 cm³/mol. The van der Waals surface area contributed by atoms with Crippen molar-refractivity contribution in [3.63, 3.8) is 0 Å². The molecule has 0 spiro atoms. The summed E-state index contributed by atoms with van der Waals surface area (Å²) >= 11 is 0. The van der Waals surface area contributed by atoms with Crippen molar-refractivity contribution in [1.82, 2.24) is 34.7 Å². The number of pyridine rings is 1. The first-order valence-electron chi connectivity index (χ1n) is 14.8. The van der Waals surface area contributed by atoms with Gasteiger partial charge in [0.05, 0.1) is 11.7 Å². The molecule has 1 aliphatic rings. The van der Waals surface area contributed by atoms with Gasteiger partial charge in [-0.2, -0.15) is 0 Å². The van der Waals surface area contributed by atoms with E-state index in [1.165, 1.54) is 6.07 Å². The molecule has 0 saturated carbocycles. The summed E-state index contributed by atoms with van der Waals surface area (Å²) < 4.78 is 37.2. The van der Waals surface area contributed by atoms with Gasteiger partial charge < -0.3 is 24.8 Å². The summed E-state index contributed by atoms with van der Waals surface area (Å²) in [5.41, 5.74) is 0.761. The Morgan fingerprint density at radius 1 is 1.02 bits per heavy atom. The Kier molecular flexibility index (Phi) is 8.23. The summed E-state index contributed by atoms with van der Waals surface area (Å²) in [6.07, 6.45) is 0.855. The van der Waals surface area contributed by atoms with E-state index in [0.717, 1.165) is 17.5 Å². The Labute approximate surface area is 260 Å². The molecule has 0 unspecified atom stereocenters. The molecule has 4 heterocycles. The maximum absolute atomic E-state index is 15.1. The molecule has 5 rings (SSSR count). The van der Waals surface area contributed by atoms with Crippen LogP contribution in [-0.2, 0) is 22.5 Å². The van der Waals surface area contributed by atoms with Gasteiger partial charge in [0.15, 0.2) is 11.6 Å². The van der Waals surface area contributed by atoms with Gasteiger partial charge in [-0.15, -0.1) is 0 Å². The predicted octanol–water partition coefficient (Wildman–Crippen LogP) is 5.99. The number of nitrogens with zero attached hydrogens (tertiary/aromatic N) is 6. The molecule has 45 heavy (non-hydrogen) atoms. The fourth-order valence-corrected chi connectivity index (χ4v) is 5.47. The number of halogens is 2. The summed E-state index contributed by atoms with van der Waals surface area (Å²) in [6.45, 7) is 15.0. The Morgan fingerprint density at radius 2 is 1.76 bits per heavy atom. The van der Waals surface area contributed by atoms with Gasteiger partial charge in [-0.05, 0) is 79.2 Å². The highest BCUT2D eigenvalue weighted by Crippen LogP contribution is 2.31. The van der Waals surface area contributed by atoms with Gasteiger partial charge in [0.2, 0.25) is 11.9 Å². The van der Waals surface area contributed by atoms with E-state index in [4.69, 9.17) is 4.74 Å². The molecule has 1 aliphatic heterocycles. The molecule has 13 heteroatoms. The lowest BCUT2D eigenvalue weighted by molar-refractivity contribution is -0.138. The zero-order valence-electron chi connectivity index (χ0n) is 26.7. The molecule has 4 aromatic rings. The van der Waals surface area contributed by atoms with E-state index in [-0.39, 0.29) is 34.7 Å². The van der Waals surface area contributed by atoms with Crippen LogP contribution in [-0.4, -0.2) is 59.1 Å². The number of carbonyl (C=O) groups is 2. The third-order valence-electron chi connectivity index (χ3n) is 7.38. The van der Waals surface area contributed by atoms with Crippen molar-refractivity contribution < 1.29 is 23.1 Å². The molecular weight excluding hydrogens is 582 g/mol. The van der Waals surface area contributed by atoms with Gasteiger partial charge >= 0.3 is 6.09 Å². The average Bonchev–Trinajstić information content (AvgIpc) is 3.28. The minimum atomic E-state index is -1.17. The molecule has 0 fully saturated rings. The number of aromatic nitrogens is 5. The third-order valence-corrected chi connectivity index (χ3v) is 7.38. The summed E-state index contributed by atoms with van der Waals surface area (Å²) in [5, 5.41) is 5.69. The first-order valence-corrected chi connectivity index (χ1v) is 14.8. The number of alkyl carbamates (subject to hydrolysis) is 1. The summed E-state index contributed by atoms with van der Waals surface area (Å²) in [5.74, 6) is -0.309. The molecule has 2 N–H and O–H groups in total. The van der Waals surface area contributed by atoms with Crippen LogP contribution in [0.5, 0.6) is 0 Å². The van der Waals surface area contributed by atoms with Crippen LogP contribution < -0.4 is 10.6 Å². The number of imidazole rings is 1. The number of benzene rings is 1. The van der Waals surface area contributed by atoms with Crippen LogP contribution in [0.1, 0.15) is 71.6 Å². The molecule has 238 valence electrons. The lowest BCUT2D eigenvalue weighted by Gasteiger charge is -2.35. The van der Waals surface area contributed by atoms with Crippen molar-refractivity contribution in [3.8, 4) is 11.3 Å². The Hall–Kier alpha value is -4.68. The number of rotatable bonds is 6. The van der Waals surface area contributed by atoms with Crippen LogP contribution in [0.3, 0.4) is 0 Å². The Morgan fingerprint density at radius 3 is 2.44 bits per heavy atom. The topological polar surface area (TPSA) is 127 Å². The van der Waals surface area contributed by atoms with Gasteiger partial charge in [-0.1, -0.05) is 6.07 Å². The number of anilines is 2. The molecule has 1 aromatic carbocycles. The highest BCUT2D eigenvalue weighted by atomic mass is 19.1. The molecule has 0 atom stereocenters. The zero-order valence-corrected chi connectivity index (χ0v) is 26.7. The van der Waals surface area contributed by atoms with Gasteiger partial charge in [-0.3, -0.25) is 4.79 Å². The van der Waals surface area contributed by atoms with Crippen molar-refractivity contribution in [1.29, 1.82) is 0 Å². The molecule has 0 bridgehead atoms. The number of aryl methyl sites for hydroxylation is 1. The zero-order chi connectivity index (χ0) is 32.8. The van der Waals surface area contributed by atoms with Gasteiger partial charge in [0.1, 0.15) is 34.0 Å². The van der Waals surface area contributed by atoms with Crippen LogP contribution in [0.15, 0.2) is 30.5 Å². The van der Waals surface area contributed by atoms with E-state index < -0.39 is 28.9 Å². The van der Waals surface area contributed by atoms with Crippen LogP contribution in [0.25, 0.3) is 22.3 Å². The lowest BCUT2D eigenvalue weighted by atomic mass is 9.99. The maximum atomic E-state index is 15.1. The number of fused-ring (bicyclic) bond motifs is 2. The molecule has 3 aromatic heterocycles. The second-order valence-corrected chi connectivity index (χ2v) is 13.0. The largest absolute Gasteiger partial charge is 0.444 e. The van der Waals surface area contributed by atoms with E-state index in [0.29, 0.717) is 36.7 Å². The van der Waals surface area contributed by atoms with Crippen molar-refractivity contribution in [2.24, 2.45) is 0 Å². The molecular formula is C32H38F2N8O3. The average molecular weight is 621 g/mol. The van der Waals surface area contributed by atoms with Crippen LogP contribution >= 0.6 is 0 Å². The fourth-order valence-electron chi connectivity index (χ4n) is 5.47. The van der Waals surface area contributed by atoms with Crippen molar-refractivity contribution in [2.75, 3.05) is 11.9 Å². The molecule has 11 nitrogen and oxygen atoms in total. The van der Waals surface area contributed by atoms with Crippen molar-refractivity contribution >= 4 is 34.8 Å². The number of ether oxygens (including phenoxy) is 1. The molecule has 0 aliphatic carbocycles. The maximum Gasteiger partial charge on any atom is 0.408 e. The molecule has 2 amide bonds. The number of nitrogens with one attached hydrogen (secondary N) is 2. The van der Waals surface area contributed by atoms with E-state index in [1.54, 1.807) is 58.6 Å². The van der Waals surface area contributed by atoms with Crippen molar-refractivity contribution in [2.45, 2.75) is 85.5 Å². The highest BCUT2D eigenvalue weighted by Gasteiger charge is 2.36. The minimum absolute atomic E-state index is 0.0257. The van der Waals surface area contributed by atoms with E-state index in [1.807, 2.05) is 24.5 Å². The van der Waals surface area contributed by atoms with E-state index in [9.17, 15) is 14.0 Å². The standard InChI is InChI=1S/C32H38F2N8O3/c1-17(2)42-18(3)36-27-21(33)13-20(14-24(27)42)26-22(34)15-35-29(39-26)38-25-10-9-19-16-41(12-11-23(19)37-25)28(43)32(7,8)40-30(44)45-31(4,5)6/h9-10,13-15,17H,11-12,16H2,1-8H3,(H,40,44)(H,35,37,38,39). The normalized spacial score (nSPS) is 13.6. The second kappa shape index (κ2) is 11.7. The van der Waals surface area contributed by atoms with Crippen LogP contribution in [0.2, 0.25) is 0 Å². The summed E-state index contributed by atoms with van der Waals surface area (Å²) in [4.78, 5) is 44.7.